The van der Waals surface area contributed by atoms with E-state index in [0.717, 1.165) is 24.6 Å². The van der Waals surface area contributed by atoms with Crippen LogP contribution in [0.25, 0.3) is 0 Å². The molecule has 2 N–H and O–H groups in total. The molecule has 178 valence electrons. The van der Waals surface area contributed by atoms with Crippen LogP contribution in [0.15, 0.2) is 30.3 Å². The van der Waals surface area contributed by atoms with Crippen molar-refractivity contribution in [3.63, 3.8) is 0 Å². The average Bonchev–Trinajstić information content (AvgIpc) is 3.31. The highest BCUT2D eigenvalue weighted by Gasteiger charge is 2.45. The molecule has 1 atom stereocenters. The van der Waals surface area contributed by atoms with E-state index in [1.807, 2.05) is 30.3 Å². The lowest BCUT2D eigenvalue weighted by molar-refractivity contribution is -0.192. The van der Waals surface area contributed by atoms with Crippen molar-refractivity contribution >= 4 is 11.9 Å². The Kier molecular flexibility index (Phi) is 8.16. The third-order valence-electron chi connectivity index (χ3n) is 6.99. The van der Waals surface area contributed by atoms with E-state index in [1.165, 1.54) is 51.6 Å². The number of rotatable bonds is 3. The first kappa shape index (κ1) is 24.5. The second-order valence-electron chi connectivity index (χ2n) is 8.86. The molecule has 1 aliphatic carbocycles. The van der Waals surface area contributed by atoms with Crippen molar-refractivity contribution in [1.82, 2.24) is 10.2 Å². The molecule has 1 aromatic carbocycles. The lowest BCUT2D eigenvalue weighted by atomic mass is 9.69. The van der Waals surface area contributed by atoms with E-state index in [0.29, 0.717) is 6.61 Å². The van der Waals surface area contributed by atoms with Gasteiger partial charge in [0.2, 0.25) is 0 Å². The monoisotopic (exact) mass is 456 g/mol. The van der Waals surface area contributed by atoms with Crippen LogP contribution in [-0.4, -0.2) is 66.4 Å². The van der Waals surface area contributed by atoms with Crippen LogP contribution in [0, 0.1) is 5.41 Å². The second kappa shape index (κ2) is 10.7. The molecule has 0 radical (unpaired) electrons. The van der Waals surface area contributed by atoms with Gasteiger partial charge in [0.05, 0.1) is 12.6 Å². The number of hydrogen-bond donors (Lipinski definition) is 2. The van der Waals surface area contributed by atoms with E-state index in [4.69, 9.17) is 14.6 Å². The Labute approximate surface area is 186 Å². The molecule has 0 bridgehead atoms. The van der Waals surface area contributed by atoms with Gasteiger partial charge in [-0.05, 0) is 62.7 Å². The van der Waals surface area contributed by atoms with Crippen LogP contribution in [0.3, 0.4) is 0 Å². The summed E-state index contributed by atoms with van der Waals surface area (Å²) in [6.07, 6.45) is 3.92. The molecule has 1 saturated carbocycles. The summed E-state index contributed by atoms with van der Waals surface area (Å²) in [5.41, 5.74) is 0.962. The number of nitrogens with zero attached hydrogens (tertiary/aromatic N) is 1. The molecule has 3 aliphatic rings. The first-order chi connectivity index (χ1) is 15.2. The van der Waals surface area contributed by atoms with Gasteiger partial charge < -0.3 is 20.1 Å². The zero-order chi connectivity index (χ0) is 23.2. The summed E-state index contributed by atoms with van der Waals surface area (Å²) in [7, 11) is 0. The minimum Gasteiger partial charge on any atom is -0.475 e. The normalized spacial score (nSPS) is 23.9. The van der Waals surface area contributed by atoms with Gasteiger partial charge in [0.1, 0.15) is 0 Å². The van der Waals surface area contributed by atoms with Gasteiger partial charge in [0.25, 0.3) is 5.91 Å². The van der Waals surface area contributed by atoms with Gasteiger partial charge in [0.15, 0.2) is 0 Å². The number of carbonyl (C=O) groups is 2. The van der Waals surface area contributed by atoms with Crippen molar-refractivity contribution in [3.8, 4) is 0 Å². The number of alkyl halides is 3. The summed E-state index contributed by atoms with van der Waals surface area (Å²) in [6, 6.07) is 10.5. The number of aliphatic carboxylic acids is 1. The first-order valence-corrected chi connectivity index (χ1v) is 11.2. The molecule has 6 nitrogen and oxygen atoms in total. The van der Waals surface area contributed by atoms with Crippen LogP contribution in [0.4, 0.5) is 13.2 Å². The van der Waals surface area contributed by atoms with Crippen molar-refractivity contribution in [2.75, 3.05) is 26.3 Å². The highest BCUT2D eigenvalue weighted by molar-refractivity contribution is 5.94. The van der Waals surface area contributed by atoms with E-state index < -0.39 is 12.1 Å². The zero-order valence-corrected chi connectivity index (χ0v) is 18.1. The quantitative estimate of drug-likeness (QED) is 0.722. The number of carboxylic acids is 1. The molecular weight excluding hydrogens is 425 g/mol. The molecule has 1 unspecified atom stereocenters. The number of hydrogen-bond acceptors (Lipinski definition) is 4. The topological polar surface area (TPSA) is 78.9 Å². The Morgan fingerprint density at radius 2 is 1.66 bits per heavy atom. The molecule has 2 aliphatic heterocycles. The molecule has 9 heteroatoms. The Balaban J connectivity index is 0.000000360. The van der Waals surface area contributed by atoms with E-state index in [-0.39, 0.29) is 17.4 Å². The van der Waals surface area contributed by atoms with Gasteiger partial charge >= 0.3 is 12.1 Å². The molecule has 32 heavy (non-hydrogen) atoms. The van der Waals surface area contributed by atoms with E-state index >= 15 is 0 Å². The molecular formula is C23H31F3N2O4. The number of piperidine rings is 1. The number of carboxylic acid groups (broad SMARTS) is 1. The van der Waals surface area contributed by atoms with Gasteiger partial charge in [-0.3, -0.25) is 4.79 Å². The molecule has 1 amide bonds. The maximum Gasteiger partial charge on any atom is 0.490 e. The van der Waals surface area contributed by atoms with Crippen molar-refractivity contribution in [2.24, 2.45) is 5.41 Å². The van der Waals surface area contributed by atoms with Crippen LogP contribution in [0.5, 0.6) is 0 Å². The fourth-order valence-electron chi connectivity index (χ4n) is 5.06. The summed E-state index contributed by atoms with van der Waals surface area (Å²) < 4.78 is 37.5. The minimum atomic E-state index is -5.08. The fourth-order valence-corrected chi connectivity index (χ4v) is 5.06. The van der Waals surface area contributed by atoms with Crippen molar-refractivity contribution < 1.29 is 32.6 Å². The number of nitrogens with one attached hydrogen (secondary N) is 1. The van der Waals surface area contributed by atoms with E-state index in [1.54, 1.807) is 0 Å². The van der Waals surface area contributed by atoms with Crippen LogP contribution in [0.2, 0.25) is 0 Å². The van der Waals surface area contributed by atoms with E-state index in [9.17, 15) is 18.0 Å². The Hall–Kier alpha value is -2.13. The Morgan fingerprint density at radius 1 is 1.06 bits per heavy atom. The number of amides is 1. The van der Waals surface area contributed by atoms with Crippen molar-refractivity contribution in [2.45, 2.75) is 63.2 Å². The summed E-state index contributed by atoms with van der Waals surface area (Å²) in [6.45, 7) is 3.86. The molecule has 2 heterocycles. The second-order valence-corrected chi connectivity index (χ2v) is 8.86. The first-order valence-electron chi connectivity index (χ1n) is 11.2. The molecule has 2 saturated heterocycles. The van der Waals surface area contributed by atoms with Gasteiger partial charge in [0, 0.05) is 18.2 Å². The van der Waals surface area contributed by atoms with Gasteiger partial charge in [-0.2, -0.15) is 13.2 Å². The highest BCUT2D eigenvalue weighted by Crippen LogP contribution is 2.42. The third kappa shape index (κ3) is 6.22. The number of carbonyl (C=O) groups excluding carboxylic acids is 1. The minimum absolute atomic E-state index is 0.0358. The van der Waals surface area contributed by atoms with Gasteiger partial charge in [-0.15, -0.1) is 0 Å². The number of halogens is 3. The Bertz CT molecular complexity index is 758. The maximum absolute atomic E-state index is 12.6. The van der Waals surface area contributed by atoms with Gasteiger partial charge in [-0.25, -0.2) is 4.79 Å². The third-order valence-corrected chi connectivity index (χ3v) is 6.99. The van der Waals surface area contributed by atoms with Crippen LogP contribution in [0.1, 0.15) is 55.3 Å². The fraction of sp³-hybridized carbons (Fsp3) is 0.652. The van der Waals surface area contributed by atoms with Crippen LogP contribution >= 0.6 is 0 Å². The molecule has 1 aromatic rings. The molecule has 3 fully saturated rings. The summed E-state index contributed by atoms with van der Waals surface area (Å²) in [5, 5.41) is 10.4. The zero-order valence-electron chi connectivity index (χ0n) is 18.1. The van der Waals surface area contributed by atoms with Crippen molar-refractivity contribution in [3.05, 3.63) is 35.9 Å². The number of ether oxygens (including phenoxy) is 1. The largest absolute Gasteiger partial charge is 0.490 e. The van der Waals surface area contributed by atoms with Gasteiger partial charge in [-0.1, -0.05) is 31.0 Å². The number of benzene rings is 1. The van der Waals surface area contributed by atoms with Crippen LogP contribution in [-0.2, 0) is 9.53 Å². The summed E-state index contributed by atoms with van der Waals surface area (Å²) >= 11 is 0. The Morgan fingerprint density at radius 3 is 2.22 bits per heavy atom. The predicted molar refractivity (Wildman–Crippen MR) is 112 cm³/mol. The number of likely N-dealkylation sites (tertiary alicyclic amines) is 1. The lowest BCUT2D eigenvalue weighted by Gasteiger charge is -2.50. The maximum atomic E-state index is 12.6. The standard InChI is InChI=1S/C21H30N2O2.C2HF3O2/c24-20(17-6-2-1-3-7-17)22-19-16-25-15-12-21(19)10-13-23(14-11-21)18-8-4-5-9-18;3-2(4,5)1(6)7/h1-3,6-7,18-19H,4-5,8-16H2,(H,22,24);(H,6,7). The molecule has 1 spiro atoms. The summed E-state index contributed by atoms with van der Waals surface area (Å²) in [4.78, 5) is 24.2. The molecule has 4 rings (SSSR count). The predicted octanol–water partition coefficient (Wildman–Crippen LogP) is 3.86. The van der Waals surface area contributed by atoms with E-state index in [2.05, 4.69) is 10.2 Å². The average molecular weight is 457 g/mol. The summed E-state index contributed by atoms with van der Waals surface area (Å²) in [5.74, 6) is -2.72. The van der Waals surface area contributed by atoms with Crippen LogP contribution < -0.4 is 5.32 Å². The molecule has 0 aromatic heterocycles. The van der Waals surface area contributed by atoms with Crippen molar-refractivity contribution in [1.29, 1.82) is 0 Å². The smallest absolute Gasteiger partial charge is 0.475 e. The highest BCUT2D eigenvalue weighted by atomic mass is 19.4. The SMILES string of the molecule is O=C(NC1COCCC12CCN(C1CCCC1)CC2)c1ccccc1.O=C(O)C(F)(F)F. The lowest BCUT2D eigenvalue weighted by Crippen LogP contribution is -2.58.